The van der Waals surface area contributed by atoms with Gasteiger partial charge in [-0.15, -0.1) is 0 Å². The first-order valence-corrected chi connectivity index (χ1v) is 8.74. The lowest BCUT2D eigenvalue weighted by molar-refractivity contribution is 0.143. The summed E-state index contributed by atoms with van der Waals surface area (Å²) < 4.78 is 19.8. The van der Waals surface area contributed by atoms with E-state index in [9.17, 15) is 9.18 Å². The highest BCUT2D eigenvalue weighted by molar-refractivity contribution is 5.90. The Morgan fingerprint density at radius 1 is 1.30 bits per heavy atom. The van der Waals surface area contributed by atoms with Crippen LogP contribution in [-0.2, 0) is 11.3 Å². The van der Waals surface area contributed by atoms with Crippen molar-refractivity contribution in [2.75, 3.05) is 18.0 Å². The number of nitrogens with two attached hydrogens (primary N) is 1. The molecule has 4 N–H and O–H groups in total. The summed E-state index contributed by atoms with van der Waals surface area (Å²) in [4.78, 5) is 17.5. The van der Waals surface area contributed by atoms with Crippen molar-refractivity contribution in [2.24, 2.45) is 5.73 Å². The average Bonchev–Trinajstić information content (AvgIpc) is 2.67. The van der Waals surface area contributed by atoms with Gasteiger partial charge in [0.2, 0.25) is 0 Å². The lowest BCUT2D eigenvalue weighted by atomic mass is 9.90. The van der Waals surface area contributed by atoms with Gasteiger partial charge in [0.05, 0.1) is 5.69 Å². The molecule has 0 radical (unpaired) electrons. The molecule has 1 aromatic heterocycles. The highest BCUT2D eigenvalue weighted by Gasteiger charge is 2.23. The van der Waals surface area contributed by atoms with Gasteiger partial charge >= 0.3 is 6.09 Å². The molecule has 8 heteroatoms. The number of guanidine groups is 1. The summed E-state index contributed by atoms with van der Waals surface area (Å²) in [7, 11) is 0. The largest absolute Gasteiger partial charge is 0.444 e. The summed E-state index contributed by atoms with van der Waals surface area (Å²) in [5, 5.41) is 8.97. The maximum atomic E-state index is 14.9. The van der Waals surface area contributed by atoms with E-state index in [0.717, 1.165) is 25.9 Å². The minimum atomic E-state index is -0.884. The number of rotatable bonds is 4. The van der Waals surface area contributed by atoms with Crippen molar-refractivity contribution in [2.45, 2.75) is 25.4 Å². The zero-order valence-electron chi connectivity index (χ0n) is 14.8. The lowest BCUT2D eigenvalue weighted by Crippen LogP contribution is -2.36. The molecule has 0 spiro atoms. The number of halogens is 1. The third-order valence-corrected chi connectivity index (χ3v) is 4.67. The number of alkyl carbamates (subject to hydrolysis) is 1. The first-order valence-electron chi connectivity index (χ1n) is 8.74. The van der Waals surface area contributed by atoms with Crippen LogP contribution in [0.15, 0.2) is 42.7 Å². The number of piperidine rings is 1. The number of carbonyl (C=O) groups excluding carboxylic acids is 1. The Hall–Kier alpha value is -3.16. The predicted molar refractivity (Wildman–Crippen MR) is 100 cm³/mol. The molecule has 2 aromatic rings. The smallest absolute Gasteiger partial charge is 0.414 e. The van der Waals surface area contributed by atoms with Crippen molar-refractivity contribution in [3.8, 4) is 0 Å². The fourth-order valence-electron chi connectivity index (χ4n) is 3.30. The van der Waals surface area contributed by atoms with Crippen LogP contribution in [0.25, 0.3) is 0 Å². The van der Waals surface area contributed by atoms with Gasteiger partial charge in [-0.2, -0.15) is 0 Å². The standard InChI is InChI=1S/C19H22FN5O2/c20-17-15(12-27-19(26)24-18(21)22)2-1-3-16(17)25-10-6-14(7-11-25)13-4-8-23-9-5-13/h1-5,8-9,14H,6-7,10-12H2,(H4,21,22,24,26). The number of amides is 1. The number of nitrogens with one attached hydrogen (secondary N) is 2. The molecule has 1 aliphatic rings. The van der Waals surface area contributed by atoms with Crippen LogP contribution in [0, 0.1) is 11.2 Å². The maximum Gasteiger partial charge on any atom is 0.414 e. The Balaban J connectivity index is 1.62. The number of carbonyl (C=O) groups is 1. The molecule has 27 heavy (non-hydrogen) atoms. The molecule has 1 aliphatic heterocycles. The Morgan fingerprint density at radius 2 is 2.00 bits per heavy atom. The summed E-state index contributed by atoms with van der Waals surface area (Å²) >= 11 is 0. The molecule has 7 nitrogen and oxygen atoms in total. The summed E-state index contributed by atoms with van der Waals surface area (Å²) in [5.41, 5.74) is 7.11. The molecule has 0 atom stereocenters. The normalized spacial score (nSPS) is 14.6. The molecule has 1 aromatic carbocycles. The van der Waals surface area contributed by atoms with E-state index in [1.165, 1.54) is 5.56 Å². The van der Waals surface area contributed by atoms with Gasteiger partial charge in [0, 0.05) is 31.0 Å². The second kappa shape index (κ2) is 8.48. The highest BCUT2D eigenvalue weighted by Crippen LogP contribution is 2.32. The van der Waals surface area contributed by atoms with E-state index < -0.39 is 17.9 Å². The van der Waals surface area contributed by atoms with E-state index in [-0.39, 0.29) is 12.2 Å². The molecular weight excluding hydrogens is 349 g/mol. The van der Waals surface area contributed by atoms with Gasteiger partial charge in [-0.25, -0.2) is 9.18 Å². The van der Waals surface area contributed by atoms with Gasteiger partial charge in [-0.05, 0) is 42.5 Å². The molecule has 0 unspecified atom stereocenters. The zero-order valence-corrected chi connectivity index (χ0v) is 14.8. The van der Waals surface area contributed by atoms with Gasteiger partial charge in [0.1, 0.15) is 6.61 Å². The monoisotopic (exact) mass is 371 g/mol. The van der Waals surface area contributed by atoms with Crippen LogP contribution in [0.3, 0.4) is 0 Å². The first kappa shape index (κ1) is 18.6. The number of anilines is 1. The topological polar surface area (TPSA) is 104 Å². The van der Waals surface area contributed by atoms with Crippen LogP contribution >= 0.6 is 0 Å². The van der Waals surface area contributed by atoms with Gasteiger partial charge in [0.25, 0.3) is 0 Å². The van der Waals surface area contributed by atoms with Gasteiger partial charge in [-0.3, -0.25) is 15.7 Å². The Kier molecular flexibility index (Phi) is 5.85. The average molecular weight is 371 g/mol. The van der Waals surface area contributed by atoms with Crippen LogP contribution in [0.2, 0.25) is 0 Å². The molecule has 1 saturated heterocycles. The summed E-state index contributed by atoms with van der Waals surface area (Å²) in [6, 6.07) is 9.12. The number of nitrogens with zero attached hydrogens (tertiary/aromatic N) is 2. The van der Waals surface area contributed by atoms with Crippen molar-refractivity contribution in [3.63, 3.8) is 0 Å². The number of aromatic nitrogens is 1. The molecule has 1 amide bonds. The molecule has 2 heterocycles. The van der Waals surface area contributed by atoms with E-state index in [1.54, 1.807) is 30.6 Å². The second-order valence-corrected chi connectivity index (χ2v) is 6.41. The fourth-order valence-corrected chi connectivity index (χ4v) is 3.30. The summed E-state index contributed by atoms with van der Waals surface area (Å²) in [5.74, 6) is -0.462. The number of pyridine rings is 1. The number of hydrogen-bond donors (Lipinski definition) is 3. The molecule has 0 bridgehead atoms. The molecular formula is C19H22FN5O2. The fraction of sp³-hybridized carbons (Fsp3) is 0.316. The van der Waals surface area contributed by atoms with Crippen molar-refractivity contribution in [1.82, 2.24) is 10.3 Å². The van der Waals surface area contributed by atoms with Gasteiger partial charge in [-0.1, -0.05) is 12.1 Å². The van der Waals surface area contributed by atoms with Crippen LogP contribution in [0.4, 0.5) is 14.9 Å². The van der Waals surface area contributed by atoms with Crippen LogP contribution in [0.1, 0.15) is 29.9 Å². The highest BCUT2D eigenvalue weighted by atomic mass is 19.1. The summed E-state index contributed by atoms with van der Waals surface area (Å²) in [6.45, 7) is 1.27. The van der Waals surface area contributed by atoms with Crippen molar-refractivity contribution in [1.29, 1.82) is 5.41 Å². The molecule has 0 aliphatic carbocycles. The van der Waals surface area contributed by atoms with Crippen molar-refractivity contribution >= 4 is 17.7 Å². The van der Waals surface area contributed by atoms with Crippen LogP contribution in [-0.4, -0.2) is 30.1 Å². The van der Waals surface area contributed by atoms with E-state index in [4.69, 9.17) is 15.9 Å². The third kappa shape index (κ3) is 4.72. The molecule has 3 rings (SSSR count). The molecule has 142 valence electrons. The predicted octanol–water partition coefficient (Wildman–Crippen LogP) is 2.72. The number of benzene rings is 1. The van der Waals surface area contributed by atoms with E-state index in [0.29, 0.717) is 11.6 Å². The second-order valence-electron chi connectivity index (χ2n) is 6.41. The SMILES string of the molecule is N=C(N)NC(=O)OCc1cccc(N2CCC(c3ccncc3)CC2)c1F. The first-order chi connectivity index (χ1) is 13.0. The van der Waals surface area contributed by atoms with Crippen molar-refractivity contribution in [3.05, 3.63) is 59.7 Å². The summed E-state index contributed by atoms with van der Waals surface area (Å²) in [6.07, 6.45) is 4.59. The number of ether oxygens (including phenoxy) is 1. The Morgan fingerprint density at radius 3 is 2.67 bits per heavy atom. The van der Waals surface area contributed by atoms with E-state index >= 15 is 0 Å². The minimum Gasteiger partial charge on any atom is -0.444 e. The van der Waals surface area contributed by atoms with E-state index in [1.807, 2.05) is 22.3 Å². The van der Waals surface area contributed by atoms with Crippen LogP contribution in [0.5, 0.6) is 0 Å². The molecule has 1 fully saturated rings. The number of hydrogen-bond acceptors (Lipinski definition) is 5. The van der Waals surface area contributed by atoms with E-state index in [2.05, 4.69) is 4.98 Å². The molecule has 0 saturated carbocycles. The quantitative estimate of drug-likeness (QED) is 0.566. The third-order valence-electron chi connectivity index (χ3n) is 4.67. The zero-order chi connectivity index (χ0) is 19.2. The Labute approximate surface area is 156 Å². The lowest BCUT2D eigenvalue weighted by Gasteiger charge is -2.34. The van der Waals surface area contributed by atoms with Gasteiger partial charge < -0.3 is 15.4 Å². The van der Waals surface area contributed by atoms with Crippen LogP contribution < -0.4 is 16.0 Å². The Bertz CT molecular complexity index is 807. The minimum absolute atomic E-state index is 0.230. The maximum absolute atomic E-state index is 14.9. The van der Waals surface area contributed by atoms with Crippen molar-refractivity contribution < 1.29 is 13.9 Å². The van der Waals surface area contributed by atoms with Gasteiger partial charge in [0.15, 0.2) is 11.8 Å².